The molecule has 4 bridgehead atoms. The summed E-state index contributed by atoms with van der Waals surface area (Å²) in [6.07, 6.45) is 0.0902. The third-order valence-electron chi connectivity index (χ3n) is 9.36. The first-order valence-corrected chi connectivity index (χ1v) is 15.3. The Hall–Kier alpha value is -3.22. The first-order chi connectivity index (χ1) is 21.1. The molecule has 3 aliphatic heterocycles. The summed E-state index contributed by atoms with van der Waals surface area (Å²) < 4.78 is 68.3. The van der Waals surface area contributed by atoms with Gasteiger partial charge in [0.15, 0.2) is 0 Å². The third kappa shape index (κ3) is 6.72. The van der Waals surface area contributed by atoms with Gasteiger partial charge in [0.2, 0.25) is 11.8 Å². The summed E-state index contributed by atoms with van der Waals surface area (Å²) in [7, 11) is 0. The van der Waals surface area contributed by atoms with Crippen LogP contribution in [0.15, 0.2) is 36.4 Å². The average molecular weight is 620 g/mol. The third-order valence-corrected chi connectivity index (χ3v) is 9.36. The number of aliphatic hydroxyl groups excluding tert-OH is 1. The van der Waals surface area contributed by atoms with Gasteiger partial charge in [-0.05, 0) is 61.9 Å². The Morgan fingerprint density at radius 1 is 0.955 bits per heavy atom. The molecule has 4 aliphatic rings. The quantitative estimate of drug-likeness (QED) is 0.437. The van der Waals surface area contributed by atoms with E-state index in [1.54, 1.807) is 12.1 Å². The number of nitrogens with one attached hydrogen (secondary N) is 2. The molecule has 3 fully saturated rings. The van der Waals surface area contributed by atoms with E-state index in [1.807, 2.05) is 4.90 Å². The maximum absolute atomic E-state index is 14.6. The zero-order valence-corrected chi connectivity index (χ0v) is 24.2. The molecule has 6 rings (SSSR count). The van der Waals surface area contributed by atoms with Crippen LogP contribution < -0.4 is 15.4 Å². The molecule has 2 aromatic rings. The standard InChI is InChI=1S/C32H37F4N3O5/c33-19-2-5-23(25(34)14-19)18-1-4-24-28(13-18)43-12-9-22-3-6-27(40)29(44-22)16-37-31(42)26-15-20(38-30(24)41)17-39(26)21-7-10-32(35,36)11-8-21/h1-2,4-5,13-14,20-22,26-27,29,40H,3,6-12,15-17H2,(H,37,42)(H,38,41)/t20-,22-,26-,27-,29+/m0/s1. The van der Waals surface area contributed by atoms with Crippen molar-refractivity contribution in [3.8, 4) is 16.9 Å². The van der Waals surface area contributed by atoms with Gasteiger partial charge >= 0.3 is 0 Å². The summed E-state index contributed by atoms with van der Waals surface area (Å²) in [4.78, 5) is 29.0. The van der Waals surface area contributed by atoms with E-state index in [0.717, 1.165) is 12.1 Å². The van der Waals surface area contributed by atoms with Crippen molar-refractivity contribution in [2.24, 2.45) is 0 Å². The first-order valence-electron chi connectivity index (χ1n) is 15.3. The molecule has 12 heteroatoms. The van der Waals surface area contributed by atoms with E-state index in [1.165, 1.54) is 12.1 Å². The number of amides is 2. The number of likely N-dealkylation sites (tertiary alicyclic amines) is 1. The highest BCUT2D eigenvalue weighted by atomic mass is 19.3. The summed E-state index contributed by atoms with van der Waals surface area (Å²) in [6, 6.07) is 6.56. The number of ether oxygens (including phenoxy) is 2. The fraction of sp³-hybridized carbons (Fsp3) is 0.562. The van der Waals surface area contributed by atoms with Gasteiger partial charge in [-0.1, -0.05) is 6.07 Å². The number of hydrogen-bond acceptors (Lipinski definition) is 6. The van der Waals surface area contributed by atoms with Crippen LogP contribution in [0.25, 0.3) is 11.1 Å². The Bertz CT molecular complexity index is 1380. The lowest BCUT2D eigenvalue weighted by molar-refractivity contribution is -0.134. The van der Waals surface area contributed by atoms with Crippen molar-refractivity contribution in [1.82, 2.24) is 15.5 Å². The summed E-state index contributed by atoms with van der Waals surface area (Å²) >= 11 is 0. The number of alkyl halides is 2. The van der Waals surface area contributed by atoms with Crippen LogP contribution in [-0.2, 0) is 9.53 Å². The number of carbonyl (C=O) groups excluding carboxylic acids is 2. The number of rotatable bonds is 2. The zero-order chi connectivity index (χ0) is 31.0. The molecule has 1 aliphatic carbocycles. The molecule has 2 amide bonds. The van der Waals surface area contributed by atoms with E-state index in [9.17, 15) is 32.3 Å². The topological polar surface area (TPSA) is 100 Å². The van der Waals surface area contributed by atoms with Crippen LogP contribution in [0.5, 0.6) is 5.75 Å². The first kappa shape index (κ1) is 30.8. The number of carbonyl (C=O) groups is 2. The van der Waals surface area contributed by atoms with Crippen molar-refractivity contribution in [3.05, 3.63) is 53.6 Å². The van der Waals surface area contributed by atoms with Crippen LogP contribution in [0, 0.1) is 11.6 Å². The molecule has 2 aromatic carbocycles. The molecule has 0 radical (unpaired) electrons. The monoisotopic (exact) mass is 619 g/mol. The van der Waals surface area contributed by atoms with Gasteiger partial charge in [-0.15, -0.1) is 0 Å². The second-order valence-electron chi connectivity index (χ2n) is 12.4. The van der Waals surface area contributed by atoms with Gasteiger partial charge in [0.05, 0.1) is 30.4 Å². The Morgan fingerprint density at radius 3 is 2.50 bits per heavy atom. The molecule has 0 spiro atoms. The normalized spacial score (nSPS) is 30.2. The number of nitrogens with zero attached hydrogens (tertiary/aromatic N) is 1. The van der Waals surface area contributed by atoms with E-state index in [-0.39, 0.29) is 80.2 Å². The van der Waals surface area contributed by atoms with Crippen molar-refractivity contribution < 1.29 is 41.7 Å². The second-order valence-corrected chi connectivity index (χ2v) is 12.4. The lowest BCUT2D eigenvalue weighted by atomic mass is 9.90. The lowest BCUT2D eigenvalue weighted by Gasteiger charge is -2.38. The Morgan fingerprint density at radius 2 is 1.73 bits per heavy atom. The van der Waals surface area contributed by atoms with Gasteiger partial charge in [0.1, 0.15) is 23.5 Å². The van der Waals surface area contributed by atoms with E-state index in [0.29, 0.717) is 31.4 Å². The van der Waals surface area contributed by atoms with Gasteiger partial charge in [-0.25, -0.2) is 17.6 Å². The SMILES string of the molecule is O=C1N[C@H]2C[C@@H](C(=O)NC[C@H]3O[C@H](CCOc4cc(-c5ccc(F)cc5F)ccc41)CC[C@@H]3O)N(C1CCC(F)(F)CC1)C2. The second kappa shape index (κ2) is 12.6. The fourth-order valence-corrected chi connectivity index (χ4v) is 6.93. The molecule has 2 saturated heterocycles. The van der Waals surface area contributed by atoms with E-state index < -0.39 is 47.8 Å². The minimum absolute atomic E-state index is 0.0941. The Labute approximate surface area is 253 Å². The molecule has 0 unspecified atom stereocenters. The maximum Gasteiger partial charge on any atom is 0.255 e. The molecular formula is C32H37F4N3O5. The van der Waals surface area contributed by atoms with Crippen molar-refractivity contribution in [3.63, 3.8) is 0 Å². The predicted molar refractivity (Wildman–Crippen MR) is 152 cm³/mol. The van der Waals surface area contributed by atoms with Gasteiger partial charge in [0.25, 0.3) is 5.91 Å². The summed E-state index contributed by atoms with van der Waals surface area (Å²) in [5.74, 6) is -4.71. The van der Waals surface area contributed by atoms with Crippen molar-refractivity contribution in [2.75, 3.05) is 19.7 Å². The van der Waals surface area contributed by atoms with Crippen molar-refractivity contribution in [1.29, 1.82) is 0 Å². The van der Waals surface area contributed by atoms with Crippen molar-refractivity contribution in [2.45, 2.75) is 93.7 Å². The Kier molecular flexibility index (Phi) is 8.85. The zero-order valence-electron chi connectivity index (χ0n) is 24.2. The molecule has 3 N–H and O–H groups in total. The maximum atomic E-state index is 14.6. The smallest absolute Gasteiger partial charge is 0.255 e. The summed E-state index contributed by atoms with van der Waals surface area (Å²) in [5, 5.41) is 16.5. The van der Waals surface area contributed by atoms with Gasteiger partial charge < -0.3 is 25.2 Å². The highest BCUT2D eigenvalue weighted by Gasteiger charge is 2.45. The largest absolute Gasteiger partial charge is 0.493 e. The Balaban J connectivity index is 1.30. The van der Waals surface area contributed by atoms with E-state index >= 15 is 0 Å². The van der Waals surface area contributed by atoms with Crippen LogP contribution >= 0.6 is 0 Å². The van der Waals surface area contributed by atoms with Crippen LogP contribution in [0.2, 0.25) is 0 Å². The lowest BCUT2D eigenvalue weighted by Crippen LogP contribution is -2.52. The minimum Gasteiger partial charge on any atom is -0.493 e. The molecule has 3 heterocycles. The molecule has 0 aromatic heterocycles. The van der Waals surface area contributed by atoms with Crippen LogP contribution in [0.4, 0.5) is 17.6 Å². The minimum atomic E-state index is -2.72. The number of benzene rings is 2. The van der Waals surface area contributed by atoms with Crippen LogP contribution in [-0.4, -0.2) is 83.9 Å². The average Bonchev–Trinajstić information content (AvgIpc) is 3.40. The summed E-state index contributed by atoms with van der Waals surface area (Å²) in [5.41, 5.74) is 0.757. The molecule has 1 saturated carbocycles. The number of hydrogen-bond donors (Lipinski definition) is 3. The highest BCUT2D eigenvalue weighted by molar-refractivity contribution is 5.98. The van der Waals surface area contributed by atoms with Crippen LogP contribution in [0.3, 0.4) is 0 Å². The molecular weight excluding hydrogens is 582 g/mol. The van der Waals surface area contributed by atoms with Crippen molar-refractivity contribution >= 4 is 11.8 Å². The van der Waals surface area contributed by atoms with Crippen LogP contribution in [0.1, 0.15) is 61.7 Å². The molecule has 8 nitrogen and oxygen atoms in total. The predicted octanol–water partition coefficient (Wildman–Crippen LogP) is 4.19. The van der Waals surface area contributed by atoms with E-state index in [4.69, 9.17) is 9.47 Å². The van der Waals surface area contributed by atoms with Gasteiger partial charge in [-0.3, -0.25) is 14.5 Å². The fourth-order valence-electron chi connectivity index (χ4n) is 6.93. The molecule has 5 atom stereocenters. The number of halogens is 4. The van der Waals surface area contributed by atoms with Gasteiger partial charge in [-0.2, -0.15) is 0 Å². The highest BCUT2D eigenvalue weighted by Crippen LogP contribution is 2.38. The van der Waals surface area contributed by atoms with E-state index in [2.05, 4.69) is 10.6 Å². The van der Waals surface area contributed by atoms with Gasteiger partial charge in [0, 0.05) is 56.1 Å². The summed E-state index contributed by atoms with van der Waals surface area (Å²) in [6.45, 7) is 0.567. The number of fused-ring (bicyclic) bond motifs is 5. The molecule has 238 valence electrons. The molecule has 44 heavy (non-hydrogen) atoms. The number of aliphatic hydroxyl groups is 1.